The van der Waals surface area contributed by atoms with Crippen molar-refractivity contribution in [1.29, 1.82) is 0 Å². The number of hydrogen-bond acceptors (Lipinski definition) is 4. The number of benzene rings is 2. The molecule has 0 unspecified atom stereocenters. The van der Waals surface area contributed by atoms with Crippen molar-refractivity contribution in [2.75, 3.05) is 18.4 Å². The van der Waals surface area contributed by atoms with Gasteiger partial charge in [-0.1, -0.05) is 24.3 Å². The highest BCUT2D eigenvalue weighted by Gasteiger charge is 2.15. The maximum atomic E-state index is 12.3. The van der Waals surface area contributed by atoms with E-state index in [2.05, 4.69) is 10.0 Å². The Morgan fingerprint density at radius 1 is 1.12 bits per heavy atom. The Kier molecular flexibility index (Phi) is 5.94. The monoisotopic (exact) mass is 348 g/mol. The van der Waals surface area contributed by atoms with E-state index in [1.54, 1.807) is 43.5 Å². The largest absolute Gasteiger partial charge is 0.383 e. The summed E-state index contributed by atoms with van der Waals surface area (Å²) in [6.45, 7) is 2.22. The normalized spacial score (nSPS) is 12.4. The molecule has 0 heterocycles. The summed E-state index contributed by atoms with van der Waals surface area (Å²) >= 11 is 0. The molecule has 2 aromatic rings. The molecule has 0 spiro atoms. The number of amides is 1. The van der Waals surface area contributed by atoms with E-state index >= 15 is 0 Å². The van der Waals surface area contributed by atoms with Gasteiger partial charge in [0.25, 0.3) is 15.9 Å². The summed E-state index contributed by atoms with van der Waals surface area (Å²) in [5.74, 6) is -0.291. The molecule has 0 saturated heterocycles. The minimum absolute atomic E-state index is 0.146. The summed E-state index contributed by atoms with van der Waals surface area (Å²) in [5.41, 5.74) is 0.692. The van der Waals surface area contributed by atoms with E-state index < -0.39 is 10.0 Å². The quantitative estimate of drug-likeness (QED) is 0.804. The molecule has 6 nitrogen and oxygen atoms in total. The minimum atomic E-state index is -3.69. The van der Waals surface area contributed by atoms with Gasteiger partial charge in [0.05, 0.1) is 11.5 Å². The summed E-state index contributed by atoms with van der Waals surface area (Å²) in [7, 11) is -2.13. The highest BCUT2D eigenvalue weighted by molar-refractivity contribution is 7.92. The highest BCUT2D eigenvalue weighted by atomic mass is 32.2. The van der Waals surface area contributed by atoms with Gasteiger partial charge in [0.2, 0.25) is 0 Å². The summed E-state index contributed by atoms with van der Waals surface area (Å²) in [6, 6.07) is 14.2. The molecular weight excluding hydrogens is 328 g/mol. The van der Waals surface area contributed by atoms with Gasteiger partial charge in [-0.2, -0.15) is 0 Å². The SMILES string of the molecule is COC[C@@H](C)NC(=O)c1cccc(NS(=O)(=O)c2ccccc2)c1. The molecule has 0 bridgehead atoms. The Labute approximate surface area is 141 Å². The van der Waals surface area contributed by atoms with Crippen LogP contribution >= 0.6 is 0 Å². The van der Waals surface area contributed by atoms with Gasteiger partial charge in [0.15, 0.2) is 0 Å². The lowest BCUT2D eigenvalue weighted by molar-refractivity contribution is 0.0905. The van der Waals surface area contributed by atoms with Crippen molar-refractivity contribution in [2.45, 2.75) is 17.9 Å². The Morgan fingerprint density at radius 3 is 2.50 bits per heavy atom. The lowest BCUT2D eigenvalue weighted by Gasteiger charge is -2.13. The standard InChI is InChI=1S/C17H20N2O4S/c1-13(12-23-2)18-17(20)14-7-6-8-15(11-14)19-24(21,22)16-9-4-3-5-10-16/h3-11,13,19H,12H2,1-2H3,(H,18,20)/t13-/m1/s1. The number of carbonyl (C=O) groups excluding carboxylic acids is 1. The van der Waals surface area contributed by atoms with E-state index in [0.29, 0.717) is 17.9 Å². The van der Waals surface area contributed by atoms with Crippen molar-refractivity contribution < 1.29 is 17.9 Å². The van der Waals surface area contributed by atoms with Crippen molar-refractivity contribution in [3.8, 4) is 0 Å². The van der Waals surface area contributed by atoms with Crippen molar-refractivity contribution in [3.63, 3.8) is 0 Å². The van der Waals surface area contributed by atoms with Crippen molar-refractivity contribution in [1.82, 2.24) is 5.32 Å². The fourth-order valence-electron chi connectivity index (χ4n) is 2.14. The molecule has 0 fully saturated rings. The first-order valence-electron chi connectivity index (χ1n) is 7.40. The third kappa shape index (κ3) is 4.81. The van der Waals surface area contributed by atoms with E-state index in [0.717, 1.165) is 0 Å². The molecule has 2 rings (SSSR count). The average Bonchev–Trinajstić information content (AvgIpc) is 2.55. The van der Waals surface area contributed by atoms with Crippen LogP contribution in [-0.4, -0.2) is 34.1 Å². The maximum absolute atomic E-state index is 12.3. The van der Waals surface area contributed by atoms with Gasteiger partial charge in [-0.15, -0.1) is 0 Å². The molecule has 128 valence electrons. The van der Waals surface area contributed by atoms with Crippen LogP contribution in [-0.2, 0) is 14.8 Å². The molecule has 1 atom stereocenters. The fourth-order valence-corrected chi connectivity index (χ4v) is 3.21. The predicted octanol–water partition coefficient (Wildman–Crippen LogP) is 2.25. The Bertz CT molecular complexity index is 791. The number of carbonyl (C=O) groups is 1. The van der Waals surface area contributed by atoms with Gasteiger partial charge in [-0.3, -0.25) is 9.52 Å². The molecule has 0 aliphatic heterocycles. The first-order valence-corrected chi connectivity index (χ1v) is 8.88. The van der Waals surface area contributed by atoms with Crippen LogP contribution in [0.2, 0.25) is 0 Å². The van der Waals surface area contributed by atoms with E-state index in [-0.39, 0.29) is 16.8 Å². The van der Waals surface area contributed by atoms with Crippen molar-refractivity contribution >= 4 is 21.6 Å². The number of nitrogens with one attached hydrogen (secondary N) is 2. The second-order valence-corrected chi connectivity index (χ2v) is 7.01. The van der Waals surface area contributed by atoms with Gasteiger partial charge in [-0.25, -0.2) is 8.42 Å². The van der Waals surface area contributed by atoms with Crippen LogP contribution in [0.3, 0.4) is 0 Å². The smallest absolute Gasteiger partial charge is 0.261 e. The average molecular weight is 348 g/mol. The Balaban J connectivity index is 2.14. The highest BCUT2D eigenvalue weighted by Crippen LogP contribution is 2.17. The van der Waals surface area contributed by atoms with E-state index in [9.17, 15) is 13.2 Å². The molecule has 0 radical (unpaired) electrons. The van der Waals surface area contributed by atoms with Crippen LogP contribution in [0.25, 0.3) is 0 Å². The molecule has 24 heavy (non-hydrogen) atoms. The van der Waals surface area contributed by atoms with Crippen molar-refractivity contribution in [2.24, 2.45) is 0 Å². The van der Waals surface area contributed by atoms with E-state index in [1.165, 1.54) is 18.2 Å². The molecule has 0 aliphatic rings. The fraction of sp³-hybridized carbons (Fsp3) is 0.235. The van der Waals surface area contributed by atoms with Crippen LogP contribution in [0, 0.1) is 0 Å². The summed E-state index contributed by atoms with van der Waals surface area (Å²) in [5, 5.41) is 2.78. The maximum Gasteiger partial charge on any atom is 0.261 e. The van der Waals surface area contributed by atoms with E-state index in [4.69, 9.17) is 4.74 Å². The zero-order valence-electron chi connectivity index (χ0n) is 13.5. The molecule has 1 amide bonds. The number of anilines is 1. The van der Waals surface area contributed by atoms with Gasteiger partial charge >= 0.3 is 0 Å². The second kappa shape index (κ2) is 7.94. The first kappa shape index (κ1) is 18.0. The number of hydrogen-bond donors (Lipinski definition) is 2. The van der Waals surface area contributed by atoms with Gasteiger partial charge in [-0.05, 0) is 37.3 Å². The summed E-state index contributed by atoms with van der Waals surface area (Å²) in [6.07, 6.45) is 0. The second-order valence-electron chi connectivity index (χ2n) is 5.33. The zero-order chi connectivity index (χ0) is 17.6. The van der Waals surface area contributed by atoms with Crippen molar-refractivity contribution in [3.05, 3.63) is 60.2 Å². The van der Waals surface area contributed by atoms with Gasteiger partial charge < -0.3 is 10.1 Å². The lowest BCUT2D eigenvalue weighted by atomic mass is 10.2. The molecule has 0 aromatic heterocycles. The number of rotatable bonds is 7. The van der Waals surface area contributed by atoms with Crippen LogP contribution in [0.1, 0.15) is 17.3 Å². The molecular formula is C17H20N2O4S. The minimum Gasteiger partial charge on any atom is -0.383 e. The van der Waals surface area contributed by atoms with Crippen LogP contribution < -0.4 is 10.0 Å². The zero-order valence-corrected chi connectivity index (χ0v) is 14.3. The number of sulfonamides is 1. The lowest BCUT2D eigenvalue weighted by Crippen LogP contribution is -2.35. The van der Waals surface area contributed by atoms with Gasteiger partial charge in [0.1, 0.15) is 0 Å². The third-order valence-corrected chi connectivity index (χ3v) is 4.62. The van der Waals surface area contributed by atoms with Crippen LogP contribution in [0.4, 0.5) is 5.69 Å². The Hall–Kier alpha value is -2.38. The molecule has 2 N–H and O–H groups in total. The summed E-state index contributed by atoms with van der Waals surface area (Å²) < 4.78 is 32.1. The van der Waals surface area contributed by atoms with Crippen LogP contribution in [0.15, 0.2) is 59.5 Å². The van der Waals surface area contributed by atoms with Crippen LogP contribution in [0.5, 0.6) is 0 Å². The topological polar surface area (TPSA) is 84.5 Å². The molecule has 2 aromatic carbocycles. The first-order chi connectivity index (χ1) is 11.4. The third-order valence-electron chi connectivity index (χ3n) is 3.22. The Morgan fingerprint density at radius 2 is 1.83 bits per heavy atom. The molecule has 0 aliphatic carbocycles. The number of methoxy groups -OCH3 is 1. The predicted molar refractivity (Wildman–Crippen MR) is 92.5 cm³/mol. The van der Waals surface area contributed by atoms with E-state index in [1.807, 2.05) is 6.92 Å². The number of ether oxygens (including phenoxy) is 1. The molecule has 0 saturated carbocycles. The summed E-state index contributed by atoms with van der Waals surface area (Å²) in [4.78, 5) is 12.3. The molecule has 7 heteroatoms. The van der Waals surface area contributed by atoms with Gasteiger partial charge in [0, 0.05) is 24.4 Å².